The number of para-hydroxylation sites is 2. The standard InChI is InChI=1S/C16H15N3O/c1-12-5-4-6-13(9-12)18-16(20)10-19-11-17-14-7-2-3-8-15(14)19/h2-9,11H,10H2,1H3,(H,18,20). The number of nitrogens with one attached hydrogen (secondary N) is 1. The first-order valence-electron chi connectivity index (χ1n) is 6.49. The van der Waals surface area contributed by atoms with Gasteiger partial charge in [-0.3, -0.25) is 4.79 Å². The zero-order valence-corrected chi connectivity index (χ0v) is 11.2. The van der Waals surface area contributed by atoms with E-state index in [2.05, 4.69) is 10.3 Å². The molecule has 20 heavy (non-hydrogen) atoms. The van der Waals surface area contributed by atoms with Crippen molar-refractivity contribution in [3.8, 4) is 0 Å². The van der Waals surface area contributed by atoms with Crippen molar-refractivity contribution in [1.29, 1.82) is 0 Å². The molecule has 1 aromatic heterocycles. The summed E-state index contributed by atoms with van der Waals surface area (Å²) in [5.74, 6) is -0.0567. The molecule has 4 heteroatoms. The average Bonchev–Trinajstić information content (AvgIpc) is 2.82. The number of carbonyl (C=O) groups is 1. The Labute approximate surface area is 117 Å². The second-order valence-electron chi connectivity index (χ2n) is 4.78. The number of hydrogen-bond acceptors (Lipinski definition) is 2. The SMILES string of the molecule is Cc1cccc(NC(=O)Cn2cnc3ccccc32)c1. The van der Waals surface area contributed by atoms with E-state index < -0.39 is 0 Å². The van der Waals surface area contributed by atoms with E-state index in [0.29, 0.717) is 0 Å². The van der Waals surface area contributed by atoms with Crippen LogP contribution in [0.25, 0.3) is 11.0 Å². The van der Waals surface area contributed by atoms with Crippen LogP contribution in [0.3, 0.4) is 0 Å². The lowest BCUT2D eigenvalue weighted by Gasteiger charge is -2.07. The summed E-state index contributed by atoms with van der Waals surface area (Å²) in [5.41, 5.74) is 3.80. The fourth-order valence-electron chi connectivity index (χ4n) is 2.21. The van der Waals surface area contributed by atoms with E-state index in [1.54, 1.807) is 6.33 Å². The number of anilines is 1. The summed E-state index contributed by atoms with van der Waals surface area (Å²) < 4.78 is 1.85. The largest absolute Gasteiger partial charge is 0.325 e. The normalized spacial score (nSPS) is 10.7. The minimum atomic E-state index is -0.0567. The Balaban J connectivity index is 1.76. The van der Waals surface area contributed by atoms with Gasteiger partial charge < -0.3 is 9.88 Å². The molecule has 0 saturated heterocycles. The van der Waals surface area contributed by atoms with E-state index in [1.165, 1.54) is 0 Å². The number of aromatic nitrogens is 2. The number of amides is 1. The van der Waals surface area contributed by atoms with E-state index >= 15 is 0 Å². The van der Waals surface area contributed by atoms with Crippen molar-refractivity contribution < 1.29 is 4.79 Å². The molecule has 1 amide bonds. The summed E-state index contributed by atoms with van der Waals surface area (Å²) >= 11 is 0. The first kappa shape index (κ1) is 12.4. The summed E-state index contributed by atoms with van der Waals surface area (Å²) in [6.45, 7) is 2.26. The van der Waals surface area contributed by atoms with Crippen molar-refractivity contribution in [2.75, 3.05) is 5.32 Å². The molecule has 0 aliphatic rings. The molecular weight excluding hydrogens is 250 g/mol. The van der Waals surface area contributed by atoms with Crippen LogP contribution in [0.5, 0.6) is 0 Å². The van der Waals surface area contributed by atoms with E-state index in [0.717, 1.165) is 22.3 Å². The summed E-state index contributed by atoms with van der Waals surface area (Å²) in [6.07, 6.45) is 1.69. The molecule has 0 spiro atoms. The van der Waals surface area contributed by atoms with Gasteiger partial charge in [-0.25, -0.2) is 4.98 Å². The monoisotopic (exact) mass is 265 g/mol. The Morgan fingerprint density at radius 2 is 2.05 bits per heavy atom. The summed E-state index contributed by atoms with van der Waals surface area (Å²) in [6, 6.07) is 15.5. The number of fused-ring (bicyclic) bond motifs is 1. The Morgan fingerprint density at radius 3 is 2.90 bits per heavy atom. The quantitative estimate of drug-likeness (QED) is 0.791. The highest BCUT2D eigenvalue weighted by atomic mass is 16.1. The maximum absolute atomic E-state index is 12.1. The van der Waals surface area contributed by atoms with Crippen molar-refractivity contribution in [1.82, 2.24) is 9.55 Å². The molecule has 0 saturated carbocycles. The molecular formula is C16H15N3O. The van der Waals surface area contributed by atoms with Crippen LogP contribution in [0.15, 0.2) is 54.9 Å². The molecule has 0 radical (unpaired) electrons. The molecule has 0 aliphatic heterocycles. The van der Waals surface area contributed by atoms with Gasteiger partial charge in [-0.05, 0) is 36.8 Å². The van der Waals surface area contributed by atoms with Gasteiger partial charge in [0.05, 0.1) is 17.4 Å². The Morgan fingerprint density at radius 1 is 1.20 bits per heavy atom. The smallest absolute Gasteiger partial charge is 0.244 e. The fourth-order valence-corrected chi connectivity index (χ4v) is 2.21. The number of aryl methyl sites for hydroxylation is 1. The van der Waals surface area contributed by atoms with Gasteiger partial charge in [-0.1, -0.05) is 24.3 Å². The molecule has 0 aliphatic carbocycles. The lowest BCUT2D eigenvalue weighted by Crippen LogP contribution is -2.18. The molecule has 3 aromatic rings. The number of imidazole rings is 1. The third-order valence-corrected chi connectivity index (χ3v) is 3.14. The molecule has 4 nitrogen and oxygen atoms in total. The maximum Gasteiger partial charge on any atom is 0.244 e. The van der Waals surface area contributed by atoms with Crippen molar-refractivity contribution in [3.63, 3.8) is 0 Å². The van der Waals surface area contributed by atoms with Gasteiger partial charge in [0.25, 0.3) is 0 Å². The number of benzene rings is 2. The molecule has 2 aromatic carbocycles. The molecule has 0 unspecified atom stereocenters. The highest BCUT2D eigenvalue weighted by Crippen LogP contribution is 2.13. The van der Waals surface area contributed by atoms with Gasteiger partial charge in [0.2, 0.25) is 5.91 Å². The highest BCUT2D eigenvalue weighted by Gasteiger charge is 2.07. The summed E-state index contributed by atoms with van der Waals surface area (Å²) in [4.78, 5) is 16.4. The number of nitrogens with zero attached hydrogens (tertiary/aromatic N) is 2. The maximum atomic E-state index is 12.1. The van der Waals surface area contributed by atoms with Crippen LogP contribution in [-0.2, 0) is 11.3 Å². The molecule has 0 bridgehead atoms. The van der Waals surface area contributed by atoms with Crippen LogP contribution < -0.4 is 5.32 Å². The molecule has 100 valence electrons. The number of rotatable bonds is 3. The van der Waals surface area contributed by atoms with Crippen LogP contribution in [0.2, 0.25) is 0 Å². The van der Waals surface area contributed by atoms with Crippen molar-refractivity contribution in [2.24, 2.45) is 0 Å². The van der Waals surface area contributed by atoms with Crippen LogP contribution >= 0.6 is 0 Å². The van der Waals surface area contributed by atoms with E-state index in [1.807, 2.05) is 60.0 Å². The topological polar surface area (TPSA) is 46.9 Å². The van der Waals surface area contributed by atoms with Crippen molar-refractivity contribution >= 4 is 22.6 Å². The Hall–Kier alpha value is -2.62. The third-order valence-electron chi connectivity index (χ3n) is 3.14. The zero-order chi connectivity index (χ0) is 13.9. The van der Waals surface area contributed by atoms with E-state index in [9.17, 15) is 4.79 Å². The van der Waals surface area contributed by atoms with Gasteiger partial charge >= 0.3 is 0 Å². The zero-order valence-electron chi connectivity index (χ0n) is 11.2. The van der Waals surface area contributed by atoms with Gasteiger partial charge in [0, 0.05) is 5.69 Å². The molecule has 1 heterocycles. The predicted molar refractivity (Wildman–Crippen MR) is 79.5 cm³/mol. The highest BCUT2D eigenvalue weighted by molar-refractivity contribution is 5.91. The van der Waals surface area contributed by atoms with Gasteiger partial charge in [0.15, 0.2) is 0 Å². The molecule has 0 fully saturated rings. The van der Waals surface area contributed by atoms with E-state index in [-0.39, 0.29) is 12.5 Å². The number of carbonyl (C=O) groups excluding carboxylic acids is 1. The van der Waals surface area contributed by atoms with Crippen LogP contribution in [0.1, 0.15) is 5.56 Å². The van der Waals surface area contributed by atoms with E-state index in [4.69, 9.17) is 0 Å². The van der Waals surface area contributed by atoms with Crippen LogP contribution in [0, 0.1) is 6.92 Å². The van der Waals surface area contributed by atoms with Crippen molar-refractivity contribution in [3.05, 3.63) is 60.4 Å². The molecule has 3 rings (SSSR count). The molecule has 1 N–H and O–H groups in total. The fraction of sp³-hybridized carbons (Fsp3) is 0.125. The predicted octanol–water partition coefficient (Wildman–Crippen LogP) is 2.98. The third kappa shape index (κ3) is 2.54. The van der Waals surface area contributed by atoms with Crippen molar-refractivity contribution in [2.45, 2.75) is 13.5 Å². The Kier molecular flexibility index (Phi) is 3.21. The Bertz CT molecular complexity index is 761. The lowest BCUT2D eigenvalue weighted by molar-refractivity contribution is -0.116. The van der Waals surface area contributed by atoms with Gasteiger partial charge in [-0.2, -0.15) is 0 Å². The van der Waals surface area contributed by atoms with Gasteiger partial charge in [-0.15, -0.1) is 0 Å². The minimum absolute atomic E-state index is 0.0567. The van der Waals surface area contributed by atoms with Gasteiger partial charge in [0.1, 0.15) is 6.54 Å². The lowest BCUT2D eigenvalue weighted by atomic mass is 10.2. The first-order valence-corrected chi connectivity index (χ1v) is 6.49. The first-order chi connectivity index (χ1) is 9.72. The second kappa shape index (κ2) is 5.17. The van der Waals surface area contributed by atoms with Crippen LogP contribution in [-0.4, -0.2) is 15.5 Å². The summed E-state index contributed by atoms with van der Waals surface area (Å²) in [7, 11) is 0. The van der Waals surface area contributed by atoms with Crippen LogP contribution in [0.4, 0.5) is 5.69 Å². The average molecular weight is 265 g/mol. The second-order valence-corrected chi connectivity index (χ2v) is 4.78. The minimum Gasteiger partial charge on any atom is -0.325 e. The number of hydrogen-bond donors (Lipinski definition) is 1. The summed E-state index contributed by atoms with van der Waals surface area (Å²) in [5, 5.41) is 2.90. The molecule has 0 atom stereocenters.